The Bertz CT molecular complexity index is 1170. The van der Waals surface area contributed by atoms with Gasteiger partial charge in [0.1, 0.15) is 0 Å². The van der Waals surface area contributed by atoms with E-state index in [9.17, 15) is 9.59 Å². The number of carbonyl (C=O) groups excluding carboxylic acids is 2. The van der Waals surface area contributed by atoms with Crippen molar-refractivity contribution in [2.45, 2.75) is 372 Å². The average Bonchev–Trinajstić information content (AvgIpc) is 3.41. The van der Waals surface area contributed by atoms with Gasteiger partial charge < -0.3 is 4.74 Å². The molecule has 0 bridgehead atoms. The smallest absolute Gasteiger partial charge is 0.313 e. The van der Waals surface area contributed by atoms with E-state index < -0.39 is 0 Å². The zero-order chi connectivity index (χ0) is 53.9. The molecular formula is C72H130O3. The second-order valence-corrected chi connectivity index (χ2v) is 23.0. The summed E-state index contributed by atoms with van der Waals surface area (Å²) >= 11 is 0. The molecule has 75 heavy (non-hydrogen) atoms. The van der Waals surface area contributed by atoms with Crippen LogP contribution in [0, 0.1) is 0 Å². The van der Waals surface area contributed by atoms with Gasteiger partial charge in [0.2, 0.25) is 0 Å². The van der Waals surface area contributed by atoms with E-state index in [1.54, 1.807) is 0 Å². The van der Waals surface area contributed by atoms with Crippen molar-refractivity contribution in [3.63, 3.8) is 0 Å². The molecule has 0 radical (unpaired) electrons. The molecule has 0 aliphatic heterocycles. The van der Waals surface area contributed by atoms with Crippen LogP contribution in [0.15, 0.2) is 73.9 Å². The Hall–Kier alpha value is -2.42. The molecule has 0 amide bonds. The number of hydrogen-bond donors (Lipinski definition) is 0. The minimum atomic E-state index is -0.345. The lowest BCUT2D eigenvalue weighted by Gasteiger charge is -2.04. The van der Waals surface area contributed by atoms with Gasteiger partial charge in [0, 0.05) is 12.8 Å². The highest BCUT2D eigenvalue weighted by molar-refractivity contribution is 5.85. The first-order valence-corrected chi connectivity index (χ1v) is 33.8. The van der Waals surface area contributed by atoms with E-state index in [0.717, 1.165) is 64.2 Å². The summed E-state index contributed by atoms with van der Waals surface area (Å²) in [5.74, 6) is -0.691. The van der Waals surface area contributed by atoms with E-state index in [2.05, 4.69) is 73.9 Å². The molecule has 3 nitrogen and oxygen atoms in total. The van der Waals surface area contributed by atoms with Crippen molar-refractivity contribution in [2.24, 2.45) is 0 Å². The second-order valence-electron chi connectivity index (χ2n) is 23.0. The van der Waals surface area contributed by atoms with Crippen molar-refractivity contribution in [1.82, 2.24) is 0 Å². The third-order valence-electron chi connectivity index (χ3n) is 15.5. The van der Waals surface area contributed by atoms with Crippen LogP contribution in [-0.4, -0.2) is 11.9 Å². The van der Waals surface area contributed by atoms with E-state index in [0.29, 0.717) is 12.8 Å². The molecule has 0 saturated heterocycles. The molecule has 0 heterocycles. The number of ether oxygens (including phenoxy) is 1. The van der Waals surface area contributed by atoms with Crippen molar-refractivity contribution < 1.29 is 14.3 Å². The summed E-state index contributed by atoms with van der Waals surface area (Å²) in [5.41, 5.74) is 0. The zero-order valence-corrected chi connectivity index (χ0v) is 50.4. The van der Waals surface area contributed by atoms with Crippen molar-refractivity contribution in [3.8, 4) is 0 Å². The minimum absolute atomic E-state index is 0.345. The molecule has 0 fully saturated rings. The molecule has 0 spiro atoms. The fourth-order valence-electron chi connectivity index (χ4n) is 10.5. The van der Waals surface area contributed by atoms with Gasteiger partial charge in [-0.15, -0.1) is 13.2 Å². The molecule has 3 heteroatoms. The van der Waals surface area contributed by atoms with Gasteiger partial charge in [-0.1, -0.05) is 318 Å². The second kappa shape index (κ2) is 67.7. The summed E-state index contributed by atoms with van der Waals surface area (Å²) in [4.78, 5) is 24.3. The van der Waals surface area contributed by atoms with Gasteiger partial charge in [-0.2, -0.15) is 0 Å². The van der Waals surface area contributed by atoms with E-state index in [1.165, 1.54) is 295 Å². The molecule has 0 rings (SSSR count). The molecule has 0 aliphatic rings. The molecule has 0 unspecified atom stereocenters. The monoisotopic (exact) mass is 1040 g/mol. The molecule has 0 aliphatic carbocycles. The number of unbranched alkanes of at least 4 members (excludes halogenated alkanes) is 50. The molecule has 0 N–H and O–H groups in total. The third kappa shape index (κ3) is 67.6. The quantitative estimate of drug-likeness (QED) is 0.0264. The van der Waals surface area contributed by atoms with E-state index in [1.807, 2.05) is 0 Å². The van der Waals surface area contributed by atoms with Gasteiger partial charge in [0.15, 0.2) is 0 Å². The molecule has 0 aromatic heterocycles. The Morgan fingerprint density at radius 2 is 0.373 bits per heavy atom. The number of hydrogen-bond acceptors (Lipinski definition) is 3. The molecule has 0 aromatic carbocycles. The first kappa shape index (κ1) is 72.6. The summed E-state index contributed by atoms with van der Waals surface area (Å²) in [6, 6.07) is 0. The largest absolute Gasteiger partial charge is 0.393 e. The normalized spacial score (nSPS) is 11.9. The highest BCUT2D eigenvalue weighted by Gasteiger charge is 2.10. The van der Waals surface area contributed by atoms with Gasteiger partial charge in [0.25, 0.3) is 0 Å². The summed E-state index contributed by atoms with van der Waals surface area (Å²) in [5, 5.41) is 0. The summed E-state index contributed by atoms with van der Waals surface area (Å²) in [7, 11) is 0. The van der Waals surface area contributed by atoms with Crippen molar-refractivity contribution >= 4 is 11.9 Å². The van der Waals surface area contributed by atoms with Crippen molar-refractivity contribution in [1.29, 1.82) is 0 Å². The third-order valence-corrected chi connectivity index (χ3v) is 15.5. The number of allylic oxidation sites excluding steroid dienone is 10. The standard InChI is InChI=1S/C72H130O3/c1-3-5-7-9-11-13-15-17-19-21-23-25-27-29-31-33-35-37-39-41-43-45-47-49-51-53-55-57-59-61-63-65-67-69-71(73)75-72(74)70-68-66-64-62-60-58-56-54-52-50-48-46-44-42-40-38-36-34-32-30-28-26-24-22-20-18-16-14-12-10-8-6-4-2/h3-4,47-50,53-56H,1-2,5-46,51-52,57-70H2/b49-47-,50-48-,55-53-,56-54-. The highest BCUT2D eigenvalue weighted by Crippen LogP contribution is 2.18. The van der Waals surface area contributed by atoms with Gasteiger partial charge >= 0.3 is 11.9 Å². The predicted molar refractivity (Wildman–Crippen MR) is 336 cm³/mol. The summed E-state index contributed by atoms with van der Waals surface area (Å²) in [6.45, 7) is 7.62. The van der Waals surface area contributed by atoms with E-state index >= 15 is 0 Å². The molecular weight excluding hydrogens is 913 g/mol. The van der Waals surface area contributed by atoms with Gasteiger partial charge in [-0.25, -0.2) is 0 Å². The maximum absolute atomic E-state index is 12.1. The van der Waals surface area contributed by atoms with Crippen LogP contribution in [0.1, 0.15) is 372 Å². The number of rotatable bonds is 64. The average molecular weight is 1040 g/mol. The van der Waals surface area contributed by atoms with Crippen LogP contribution in [0.5, 0.6) is 0 Å². The van der Waals surface area contributed by atoms with Gasteiger partial charge in [-0.3, -0.25) is 9.59 Å². The Morgan fingerprint density at radius 3 is 0.560 bits per heavy atom. The minimum Gasteiger partial charge on any atom is -0.393 e. The molecule has 0 atom stereocenters. The fraction of sp³-hybridized carbons (Fsp3) is 0.806. The predicted octanol–water partition coefficient (Wildman–Crippen LogP) is 25.3. The van der Waals surface area contributed by atoms with Gasteiger partial charge in [-0.05, 0) is 103 Å². The van der Waals surface area contributed by atoms with E-state index in [4.69, 9.17) is 4.74 Å². The maximum Gasteiger partial charge on any atom is 0.313 e. The van der Waals surface area contributed by atoms with Crippen LogP contribution in [0.3, 0.4) is 0 Å². The highest BCUT2D eigenvalue weighted by atomic mass is 16.6. The molecule has 0 saturated carbocycles. The SMILES string of the molecule is C=CCCCCCCCCCCCCCCCCCCCCC/C=C\C/C=C\CCCCCCCC(=O)OC(=O)CCCCCCC/C=C\C/C=C\CCCCCCCCCCCCCCCCCCCCCC=C. The van der Waals surface area contributed by atoms with Crippen LogP contribution in [0.25, 0.3) is 0 Å². The van der Waals surface area contributed by atoms with Crippen LogP contribution < -0.4 is 0 Å². The fourth-order valence-corrected chi connectivity index (χ4v) is 10.5. The Balaban J connectivity index is 3.34. The number of carbonyl (C=O) groups is 2. The molecule has 0 aromatic rings. The lowest BCUT2D eigenvalue weighted by molar-refractivity contribution is -0.159. The summed E-state index contributed by atoms with van der Waals surface area (Å²) < 4.78 is 5.08. The van der Waals surface area contributed by atoms with Crippen LogP contribution >= 0.6 is 0 Å². The Morgan fingerprint density at radius 1 is 0.213 bits per heavy atom. The molecule has 436 valence electrons. The lowest BCUT2D eigenvalue weighted by atomic mass is 10.0. The number of esters is 2. The Labute approximate surface area is 470 Å². The first-order valence-electron chi connectivity index (χ1n) is 33.8. The Kier molecular flexibility index (Phi) is 65.5. The van der Waals surface area contributed by atoms with Crippen molar-refractivity contribution in [3.05, 3.63) is 73.9 Å². The van der Waals surface area contributed by atoms with Crippen molar-refractivity contribution in [2.75, 3.05) is 0 Å². The maximum atomic E-state index is 12.1. The lowest BCUT2D eigenvalue weighted by Crippen LogP contribution is -2.11. The summed E-state index contributed by atoms with van der Waals surface area (Å²) in [6.07, 6.45) is 97.6. The first-order chi connectivity index (χ1) is 37.2. The van der Waals surface area contributed by atoms with Crippen LogP contribution in [0.4, 0.5) is 0 Å². The van der Waals surface area contributed by atoms with E-state index in [-0.39, 0.29) is 11.9 Å². The van der Waals surface area contributed by atoms with Crippen LogP contribution in [-0.2, 0) is 14.3 Å². The van der Waals surface area contributed by atoms with Gasteiger partial charge in [0.05, 0.1) is 0 Å². The van der Waals surface area contributed by atoms with Crippen LogP contribution in [0.2, 0.25) is 0 Å². The zero-order valence-electron chi connectivity index (χ0n) is 50.4. The topological polar surface area (TPSA) is 43.4 Å².